The van der Waals surface area contributed by atoms with Gasteiger partial charge in [-0.05, 0) is 37.6 Å². The van der Waals surface area contributed by atoms with Crippen molar-refractivity contribution in [1.29, 1.82) is 0 Å². The highest BCUT2D eigenvalue weighted by Gasteiger charge is 2.37. The SMILES string of the molecule is CCOC(=O)c1noc(C2(C)CCCS2)n1. The first-order valence-corrected chi connectivity index (χ1v) is 6.29. The summed E-state index contributed by atoms with van der Waals surface area (Å²) in [5.74, 6) is 1.11. The minimum atomic E-state index is -0.524. The van der Waals surface area contributed by atoms with Gasteiger partial charge in [0.1, 0.15) is 0 Å². The summed E-state index contributed by atoms with van der Waals surface area (Å²) >= 11 is 1.79. The second-order valence-electron chi connectivity index (χ2n) is 3.83. The fourth-order valence-electron chi connectivity index (χ4n) is 1.66. The molecule has 1 aromatic rings. The molecule has 1 aliphatic heterocycles. The average Bonchev–Trinajstić information content (AvgIpc) is 2.86. The van der Waals surface area contributed by atoms with Crippen molar-refractivity contribution in [3.63, 3.8) is 0 Å². The third kappa shape index (κ3) is 2.07. The number of nitrogens with zero attached hydrogens (tertiary/aromatic N) is 2. The van der Waals surface area contributed by atoms with Crippen LogP contribution in [0.4, 0.5) is 0 Å². The molecule has 2 heterocycles. The molecule has 1 atom stereocenters. The number of hydrogen-bond acceptors (Lipinski definition) is 6. The van der Waals surface area contributed by atoms with Crippen molar-refractivity contribution >= 4 is 17.7 Å². The van der Waals surface area contributed by atoms with Crippen molar-refractivity contribution in [1.82, 2.24) is 10.1 Å². The highest BCUT2D eigenvalue weighted by atomic mass is 32.2. The van der Waals surface area contributed by atoms with Crippen LogP contribution in [-0.4, -0.2) is 28.5 Å². The van der Waals surface area contributed by atoms with Crippen LogP contribution in [0.1, 0.15) is 43.2 Å². The minimum Gasteiger partial charge on any atom is -0.460 e. The van der Waals surface area contributed by atoms with Gasteiger partial charge in [-0.25, -0.2) is 4.79 Å². The maximum atomic E-state index is 11.4. The van der Waals surface area contributed by atoms with E-state index >= 15 is 0 Å². The first-order valence-electron chi connectivity index (χ1n) is 5.31. The van der Waals surface area contributed by atoms with Gasteiger partial charge in [-0.2, -0.15) is 4.98 Å². The van der Waals surface area contributed by atoms with Crippen LogP contribution in [0.5, 0.6) is 0 Å². The molecule has 1 saturated heterocycles. The van der Waals surface area contributed by atoms with Gasteiger partial charge in [-0.1, -0.05) is 0 Å². The second-order valence-corrected chi connectivity index (χ2v) is 5.42. The number of aromatic nitrogens is 2. The Morgan fingerprint density at radius 1 is 1.69 bits per heavy atom. The number of ether oxygens (including phenoxy) is 1. The standard InChI is InChI=1S/C10H14N2O3S/c1-3-14-8(13)7-11-9(15-12-7)10(2)5-4-6-16-10/h3-6H2,1-2H3. The highest BCUT2D eigenvalue weighted by molar-refractivity contribution is 8.00. The lowest BCUT2D eigenvalue weighted by atomic mass is 10.1. The normalized spacial score (nSPS) is 24.6. The Kier molecular flexibility index (Phi) is 3.18. The zero-order valence-corrected chi connectivity index (χ0v) is 10.2. The summed E-state index contributed by atoms with van der Waals surface area (Å²) in [5.41, 5.74) is 0. The summed E-state index contributed by atoms with van der Waals surface area (Å²) in [6.45, 7) is 4.12. The third-order valence-electron chi connectivity index (χ3n) is 2.56. The molecule has 6 heteroatoms. The van der Waals surface area contributed by atoms with Gasteiger partial charge in [0.15, 0.2) is 0 Å². The number of esters is 1. The number of carbonyl (C=O) groups excluding carboxylic acids is 1. The van der Waals surface area contributed by atoms with Crippen LogP contribution in [0.25, 0.3) is 0 Å². The zero-order valence-electron chi connectivity index (χ0n) is 9.36. The summed E-state index contributed by atoms with van der Waals surface area (Å²) in [4.78, 5) is 15.5. The van der Waals surface area contributed by atoms with Crippen LogP contribution in [0.3, 0.4) is 0 Å². The van der Waals surface area contributed by atoms with Crippen LogP contribution in [-0.2, 0) is 9.48 Å². The van der Waals surface area contributed by atoms with Crippen LogP contribution >= 0.6 is 11.8 Å². The van der Waals surface area contributed by atoms with Crippen molar-refractivity contribution in [3.8, 4) is 0 Å². The lowest BCUT2D eigenvalue weighted by molar-refractivity contribution is 0.0508. The summed E-state index contributed by atoms with van der Waals surface area (Å²) in [5, 5.41) is 3.65. The molecule has 16 heavy (non-hydrogen) atoms. The topological polar surface area (TPSA) is 65.2 Å². The van der Waals surface area contributed by atoms with Crippen molar-refractivity contribution < 1.29 is 14.1 Å². The quantitative estimate of drug-likeness (QED) is 0.755. The fourth-order valence-corrected chi connectivity index (χ4v) is 2.90. The third-order valence-corrected chi connectivity index (χ3v) is 4.06. The van der Waals surface area contributed by atoms with Crippen LogP contribution in [0.15, 0.2) is 4.52 Å². The molecule has 5 nitrogen and oxygen atoms in total. The number of hydrogen-bond donors (Lipinski definition) is 0. The molecule has 0 spiro atoms. The van der Waals surface area contributed by atoms with E-state index in [0.717, 1.165) is 18.6 Å². The Morgan fingerprint density at radius 2 is 2.50 bits per heavy atom. The van der Waals surface area contributed by atoms with Crippen LogP contribution in [0, 0.1) is 0 Å². The molecule has 88 valence electrons. The van der Waals surface area contributed by atoms with E-state index in [4.69, 9.17) is 9.26 Å². The van der Waals surface area contributed by atoms with E-state index in [1.54, 1.807) is 18.7 Å². The Hall–Kier alpha value is -1.04. The van der Waals surface area contributed by atoms with E-state index in [1.807, 2.05) is 0 Å². The lowest BCUT2D eigenvalue weighted by Gasteiger charge is -2.15. The van der Waals surface area contributed by atoms with Gasteiger partial charge in [-0.15, -0.1) is 11.8 Å². The maximum Gasteiger partial charge on any atom is 0.379 e. The summed E-state index contributed by atoms with van der Waals surface area (Å²) in [6, 6.07) is 0. The van der Waals surface area contributed by atoms with Gasteiger partial charge >= 0.3 is 5.97 Å². The Morgan fingerprint density at radius 3 is 3.12 bits per heavy atom. The monoisotopic (exact) mass is 242 g/mol. The molecule has 0 aromatic carbocycles. The van der Waals surface area contributed by atoms with E-state index < -0.39 is 5.97 Å². The minimum absolute atomic E-state index is 0.0191. The van der Waals surface area contributed by atoms with Gasteiger partial charge < -0.3 is 9.26 Å². The molecule has 2 rings (SSSR count). The van der Waals surface area contributed by atoms with Crippen molar-refractivity contribution in [2.24, 2.45) is 0 Å². The molecule has 1 unspecified atom stereocenters. The molecule has 1 aliphatic rings. The number of carbonyl (C=O) groups is 1. The van der Waals surface area contributed by atoms with E-state index in [0.29, 0.717) is 12.5 Å². The Balaban J connectivity index is 2.16. The van der Waals surface area contributed by atoms with E-state index in [-0.39, 0.29) is 10.6 Å². The first kappa shape index (κ1) is 11.4. The molecule has 1 fully saturated rings. The molecule has 0 radical (unpaired) electrons. The molecule has 0 aliphatic carbocycles. The van der Waals surface area contributed by atoms with Crippen molar-refractivity contribution in [2.45, 2.75) is 31.4 Å². The highest BCUT2D eigenvalue weighted by Crippen LogP contribution is 2.45. The average molecular weight is 242 g/mol. The second kappa shape index (κ2) is 4.45. The molecule has 0 saturated carbocycles. The van der Waals surface area contributed by atoms with Gasteiger partial charge in [0.05, 0.1) is 11.4 Å². The first-order chi connectivity index (χ1) is 7.65. The smallest absolute Gasteiger partial charge is 0.379 e. The Labute approximate surface area is 97.9 Å². The molecule has 1 aromatic heterocycles. The van der Waals surface area contributed by atoms with Gasteiger partial charge in [0, 0.05) is 0 Å². The molecule has 0 bridgehead atoms. The van der Waals surface area contributed by atoms with E-state index in [1.165, 1.54) is 0 Å². The zero-order chi connectivity index (χ0) is 11.6. The predicted molar refractivity (Wildman–Crippen MR) is 59.3 cm³/mol. The molecule has 0 N–H and O–H groups in total. The fraction of sp³-hybridized carbons (Fsp3) is 0.700. The predicted octanol–water partition coefficient (Wildman–Crippen LogP) is 1.99. The number of thioether (sulfide) groups is 1. The molecule has 0 amide bonds. The van der Waals surface area contributed by atoms with E-state index in [2.05, 4.69) is 17.1 Å². The molecular formula is C10H14N2O3S. The van der Waals surface area contributed by atoms with Crippen molar-refractivity contribution in [3.05, 3.63) is 11.7 Å². The van der Waals surface area contributed by atoms with Gasteiger partial charge in [0.2, 0.25) is 5.89 Å². The lowest BCUT2D eigenvalue weighted by Crippen LogP contribution is -2.14. The summed E-state index contributed by atoms with van der Waals surface area (Å²) < 4.78 is 9.80. The van der Waals surface area contributed by atoms with Crippen LogP contribution < -0.4 is 0 Å². The summed E-state index contributed by atoms with van der Waals surface area (Å²) in [6.07, 6.45) is 2.14. The largest absolute Gasteiger partial charge is 0.460 e. The summed E-state index contributed by atoms with van der Waals surface area (Å²) in [7, 11) is 0. The van der Waals surface area contributed by atoms with Gasteiger partial charge in [-0.3, -0.25) is 0 Å². The van der Waals surface area contributed by atoms with Crippen LogP contribution in [0.2, 0.25) is 0 Å². The molecular weight excluding hydrogens is 228 g/mol. The van der Waals surface area contributed by atoms with E-state index in [9.17, 15) is 4.79 Å². The number of rotatable bonds is 3. The Bertz CT molecular complexity index is 385. The van der Waals surface area contributed by atoms with Gasteiger partial charge in [0.25, 0.3) is 5.82 Å². The maximum absolute atomic E-state index is 11.4. The van der Waals surface area contributed by atoms with Crippen molar-refractivity contribution in [2.75, 3.05) is 12.4 Å².